The van der Waals surface area contributed by atoms with Gasteiger partial charge in [0.2, 0.25) is 0 Å². The van der Waals surface area contributed by atoms with Crippen LogP contribution < -0.4 is 4.74 Å². The van der Waals surface area contributed by atoms with Gasteiger partial charge in [0, 0.05) is 5.41 Å². The van der Waals surface area contributed by atoms with Crippen LogP contribution in [0.4, 0.5) is 0 Å². The number of methoxy groups -OCH3 is 2. The van der Waals surface area contributed by atoms with Crippen molar-refractivity contribution in [3.63, 3.8) is 0 Å². The molecule has 0 aromatic heterocycles. The number of carbonyl (C=O) groups excluding carboxylic acids is 3. The summed E-state index contributed by atoms with van der Waals surface area (Å²) in [4.78, 5) is 40.1. The van der Waals surface area contributed by atoms with Gasteiger partial charge in [0.15, 0.2) is 18.7 Å². The highest BCUT2D eigenvalue weighted by Gasteiger charge is 2.68. The van der Waals surface area contributed by atoms with Crippen LogP contribution >= 0.6 is 0 Å². The van der Waals surface area contributed by atoms with Crippen molar-refractivity contribution in [2.24, 2.45) is 29.1 Å². The van der Waals surface area contributed by atoms with Crippen LogP contribution in [0.2, 0.25) is 0 Å². The monoisotopic (exact) mass is 754 g/mol. The van der Waals surface area contributed by atoms with Gasteiger partial charge in [-0.2, -0.15) is 0 Å². The molecule has 16 heteroatoms. The Hall–Kier alpha value is -2.93. The Morgan fingerprint density at radius 1 is 0.906 bits per heavy atom. The zero-order chi connectivity index (χ0) is 38.8. The quantitative estimate of drug-likeness (QED) is 0.146. The maximum absolute atomic E-state index is 13.5. The second kappa shape index (κ2) is 16.8. The van der Waals surface area contributed by atoms with E-state index in [1.165, 1.54) is 31.4 Å². The van der Waals surface area contributed by atoms with Crippen molar-refractivity contribution in [2.75, 3.05) is 34.0 Å². The van der Waals surface area contributed by atoms with Crippen molar-refractivity contribution in [1.82, 2.24) is 0 Å². The van der Waals surface area contributed by atoms with Crippen molar-refractivity contribution in [1.29, 1.82) is 0 Å². The lowest BCUT2D eigenvalue weighted by Gasteiger charge is -2.50. The molecular formula is C37H54O16. The molecule has 5 N–H and O–H groups in total. The molecule has 2 saturated carbocycles. The lowest BCUT2D eigenvalue weighted by molar-refractivity contribution is -0.333. The average Bonchev–Trinajstić information content (AvgIpc) is 3.36. The molecule has 4 fully saturated rings. The summed E-state index contributed by atoms with van der Waals surface area (Å²) in [6.07, 6.45) is -11.2. The number of ether oxygens (including phenoxy) is 8. The zero-order valence-electron chi connectivity index (χ0n) is 31.0. The molecule has 0 spiro atoms. The van der Waals surface area contributed by atoms with Gasteiger partial charge in [-0.05, 0) is 68.7 Å². The fraction of sp³-hybridized carbons (Fsp3) is 0.757. The molecule has 5 rings (SSSR count). The lowest BCUT2D eigenvalue weighted by Crippen LogP contribution is -2.63. The largest absolute Gasteiger partial charge is 0.497 e. The second-order valence-electron chi connectivity index (χ2n) is 15.3. The standard InChI is InChI=1S/C37H54O16/c1-18(2)15-48-31(42)19(3)37(45)26(14-21-13-22(38)11-12-36(21,37)4)51-34-27(33(44)47-6)29(25(40)17-49-34)53-35-30(28(41)24(39)16-50-35)52-32(43)20-7-9-23(46-5)10-8-20/h7-10,18-19,21-22,24-30,34-35,38-41,45H,11-17H2,1-6H3/t19-,21-,22+,24-,25+,26+,27+,28+,29+,30-,34+,35+,36+,37-/m1/s1. The lowest BCUT2D eigenvalue weighted by atomic mass is 9.59. The van der Waals surface area contributed by atoms with E-state index >= 15 is 0 Å². The van der Waals surface area contributed by atoms with E-state index in [0.29, 0.717) is 25.0 Å². The van der Waals surface area contributed by atoms with Crippen LogP contribution in [0.1, 0.15) is 63.7 Å². The van der Waals surface area contributed by atoms with Gasteiger partial charge in [0.1, 0.15) is 41.7 Å². The van der Waals surface area contributed by atoms with Gasteiger partial charge >= 0.3 is 17.9 Å². The first-order valence-corrected chi connectivity index (χ1v) is 18.1. The fourth-order valence-electron chi connectivity index (χ4n) is 8.26. The van der Waals surface area contributed by atoms with Crippen LogP contribution in [-0.2, 0) is 42.7 Å². The van der Waals surface area contributed by atoms with Gasteiger partial charge in [-0.25, -0.2) is 4.79 Å². The van der Waals surface area contributed by atoms with Gasteiger partial charge < -0.3 is 63.4 Å². The number of hydrogen-bond acceptors (Lipinski definition) is 16. The summed E-state index contributed by atoms with van der Waals surface area (Å²) in [5.41, 5.74) is -2.64. The number of hydrogen-bond donors (Lipinski definition) is 5. The summed E-state index contributed by atoms with van der Waals surface area (Å²) in [7, 11) is 2.58. The molecule has 0 radical (unpaired) electrons. The Kier molecular flexibility index (Phi) is 13.1. The Bertz CT molecular complexity index is 1420. The van der Waals surface area contributed by atoms with E-state index in [-0.39, 0.29) is 30.4 Å². The number of aliphatic hydroxyl groups is 5. The third-order valence-electron chi connectivity index (χ3n) is 11.5. The van der Waals surface area contributed by atoms with Crippen LogP contribution in [0.5, 0.6) is 5.75 Å². The first-order chi connectivity index (χ1) is 25.0. The number of fused-ring (bicyclic) bond motifs is 1. The summed E-state index contributed by atoms with van der Waals surface area (Å²) in [6, 6.07) is 5.94. The van der Waals surface area contributed by atoms with Gasteiger partial charge in [0.25, 0.3) is 0 Å². The van der Waals surface area contributed by atoms with E-state index in [1.807, 2.05) is 20.8 Å². The van der Waals surface area contributed by atoms with Gasteiger partial charge in [-0.15, -0.1) is 0 Å². The van der Waals surface area contributed by atoms with Crippen LogP contribution in [0.15, 0.2) is 24.3 Å². The van der Waals surface area contributed by atoms with Crippen LogP contribution in [-0.4, -0.2) is 138 Å². The van der Waals surface area contributed by atoms with Gasteiger partial charge in [-0.1, -0.05) is 20.8 Å². The predicted molar refractivity (Wildman–Crippen MR) is 181 cm³/mol. The van der Waals surface area contributed by atoms with E-state index in [1.54, 1.807) is 6.92 Å². The molecule has 1 aromatic rings. The molecular weight excluding hydrogens is 700 g/mol. The minimum Gasteiger partial charge on any atom is -0.497 e. The SMILES string of the molecule is COC(=O)[C@H]1[C@H](O[C@H]2C[C@H]3C[C@@H](O)CC[C@]3(C)[C@@]2(O)[C@H](C)C(=O)OCC(C)C)OC[C@H](O)[C@@H]1O[C@@H]1OC[C@@H](O)[C@H](O)[C@H]1OC(=O)c1ccc(OC)cc1. The third-order valence-corrected chi connectivity index (χ3v) is 11.5. The summed E-state index contributed by atoms with van der Waals surface area (Å²) >= 11 is 0. The highest BCUT2D eigenvalue weighted by molar-refractivity contribution is 5.89. The topological polar surface area (TPSA) is 226 Å². The third kappa shape index (κ3) is 8.21. The highest BCUT2D eigenvalue weighted by atomic mass is 16.7. The molecule has 0 bridgehead atoms. The molecule has 2 saturated heterocycles. The number of carbonyl (C=O) groups is 3. The molecule has 2 aliphatic carbocycles. The molecule has 4 aliphatic rings. The van der Waals surface area contributed by atoms with Gasteiger partial charge in [-0.3, -0.25) is 9.59 Å². The average molecular weight is 755 g/mol. The van der Waals surface area contributed by atoms with E-state index in [2.05, 4.69) is 0 Å². The molecule has 298 valence electrons. The molecule has 0 unspecified atom stereocenters. The zero-order valence-corrected chi connectivity index (χ0v) is 31.0. The first kappa shape index (κ1) is 41.2. The van der Waals surface area contributed by atoms with Crippen LogP contribution in [0.3, 0.4) is 0 Å². The maximum Gasteiger partial charge on any atom is 0.338 e. The van der Waals surface area contributed by atoms with Crippen LogP contribution in [0, 0.1) is 29.1 Å². The second-order valence-corrected chi connectivity index (χ2v) is 15.3. The first-order valence-electron chi connectivity index (χ1n) is 18.1. The Morgan fingerprint density at radius 3 is 2.21 bits per heavy atom. The Labute approximate surface area is 308 Å². The number of aliphatic hydroxyl groups excluding tert-OH is 4. The Morgan fingerprint density at radius 2 is 1.57 bits per heavy atom. The number of benzene rings is 1. The molecule has 1 aromatic carbocycles. The molecule has 2 aliphatic heterocycles. The fourth-order valence-corrected chi connectivity index (χ4v) is 8.26. The Balaban J connectivity index is 1.42. The smallest absolute Gasteiger partial charge is 0.338 e. The molecule has 0 amide bonds. The summed E-state index contributed by atoms with van der Waals surface area (Å²) in [5.74, 6) is -4.78. The minimum atomic E-state index is -1.84. The number of esters is 3. The highest BCUT2D eigenvalue weighted by Crippen LogP contribution is 2.61. The maximum atomic E-state index is 13.5. The summed E-state index contributed by atoms with van der Waals surface area (Å²) in [6.45, 7) is 6.50. The van der Waals surface area contributed by atoms with Crippen LogP contribution in [0.25, 0.3) is 0 Å². The van der Waals surface area contributed by atoms with E-state index in [4.69, 9.17) is 37.9 Å². The molecule has 2 heterocycles. The number of rotatable bonds is 12. The molecule has 14 atom stereocenters. The van der Waals surface area contributed by atoms with Crippen molar-refractivity contribution >= 4 is 17.9 Å². The van der Waals surface area contributed by atoms with E-state index in [9.17, 15) is 39.9 Å². The minimum absolute atomic E-state index is 0.0486. The van der Waals surface area contributed by atoms with Crippen molar-refractivity contribution < 1.29 is 77.8 Å². The molecule has 53 heavy (non-hydrogen) atoms. The van der Waals surface area contributed by atoms with Crippen molar-refractivity contribution in [3.8, 4) is 5.75 Å². The van der Waals surface area contributed by atoms with Crippen molar-refractivity contribution in [3.05, 3.63) is 29.8 Å². The van der Waals surface area contributed by atoms with Crippen molar-refractivity contribution in [2.45, 2.75) is 114 Å². The van der Waals surface area contributed by atoms with E-state index in [0.717, 1.165) is 7.11 Å². The van der Waals surface area contributed by atoms with E-state index < -0.39 is 109 Å². The molecule has 16 nitrogen and oxygen atoms in total. The normalized spacial score (nSPS) is 39.1. The predicted octanol–water partition coefficient (Wildman–Crippen LogP) is 0.713. The van der Waals surface area contributed by atoms with Gasteiger partial charge in [0.05, 0.1) is 57.7 Å². The summed E-state index contributed by atoms with van der Waals surface area (Å²) in [5, 5.41) is 55.8. The summed E-state index contributed by atoms with van der Waals surface area (Å²) < 4.78 is 45.5.